The van der Waals surface area contributed by atoms with E-state index in [1.165, 1.54) is 0 Å². The van der Waals surface area contributed by atoms with E-state index < -0.39 is 0 Å². The van der Waals surface area contributed by atoms with Gasteiger partial charge in [-0.15, -0.1) is 0 Å². The van der Waals surface area contributed by atoms with Gasteiger partial charge < -0.3 is 4.74 Å². The Bertz CT molecular complexity index is 423. The first-order chi connectivity index (χ1) is 8.59. The summed E-state index contributed by atoms with van der Waals surface area (Å²) in [6, 6.07) is 0.183. The van der Waals surface area contributed by atoms with E-state index in [9.17, 15) is 4.79 Å². The SMILES string of the molecule is CC(C)n1ncc(Br)c1C(=O)CC1CCCCO1. The molecule has 1 fully saturated rings. The zero-order valence-corrected chi connectivity index (χ0v) is 12.4. The molecule has 1 aromatic heterocycles. The van der Waals surface area contributed by atoms with Crippen LogP contribution in [-0.2, 0) is 4.74 Å². The normalized spacial score (nSPS) is 20.3. The van der Waals surface area contributed by atoms with E-state index in [2.05, 4.69) is 21.0 Å². The number of ketones is 1. The molecule has 5 heteroatoms. The van der Waals surface area contributed by atoms with Crippen molar-refractivity contribution >= 4 is 21.7 Å². The Labute approximate surface area is 116 Å². The molecule has 1 unspecified atom stereocenters. The van der Waals surface area contributed by atoms with Gasteiger partial charge in [0.15, 0.2) is 5.78 Å². The van der Waals surface area contributed by atoms with E-state index >= 15 is 0 Å². The van der Waals surface area contributed by atoms with Crippen LogP contribution in [0.25, 0.3) is 0 Å². The highest BCUT2D eigenvalue weighted by Crippen LogP contribution is 2.24. The standard InChI is InChI=1S/C13H19BrN2O2/c1-9(2)16-13(11(14)8-15-16)12(17)7-10-5-3-4-6-18-10/h8-10H,3-7H2,1-2H3. The van der Waals surface area contributed by atoms with Gasteiger partial charge in [0.25, 0.3) is 0 Å². The highest BCUT2D eigenvalue weighted by Gasteiger charge is 2.23. The van der Waals surface area contributed by atoms with Crippen molar-refractivity contribution in [1.29, 1.82) is 0 Å². The molecule has 100 valence electrons. The zero-order chi connectivity index (χ0) is 13.1. The summed E-state index contributed by atoms with van der Waals surface area (Å²) in [6.45, 7) is 4.82. The number of hydrogen-bond donors (Lipinski definition) is 0. The van der Waals surface area contributed by atoms with Crippen LogP contribution in [0.2, 0.25) is 0 Å². The molecule has 2 heterocycles. The molecule has 0 N–H and O–H groups in total. The summed E-state index contributed by atoms with van der Waals surface area (Å²) in [7, 11) is 0. The number of aromatic nitrogens is 2. The maximum absolute atomic E-state index is 12.3. The minimum Gasteiger partial charge on any atom is -0.378 e. The lowest BCUT2D eigenvalue weighted by Gasteiger charge is -2.22. The van der Waals surface area contributed by atoms with Crippen molar-refractivity contribution in [2.75, 3.05) is 6.61 Å². The van der Waals surface area contributed by atoms with E-state index in [0.717, 1.165) is 30.3 Å². The molecule has 0 aliphatic carbocycles. The highest BCUT2D eigenvalue weighted by molar-refractivity contribution is 9.10. The lowest BCUT2D eigenvalue weighted by molar-refractivity contribution is 0.0126. The first-order valence-electron chi connectivity index (χ1n) is 6.47. The summed E-state index contributed by atoms with van der Waals surface area (Å²) in [5.74, 6) is 0.111. The molecule has 0 saturated carbocycles. The van der Waals surface area contributed by atoms with Crippen molar-refractivity contribution in [3.8, 4) is 0 Å². The van der Waals surface area contributed by atoms with Gasteiger partial charge in [-0.2, -0.15) is 5.10 Å². The third-order valence-electron chi connectivity index (χ3n) is 3.19. The van der Waals surface area contributed by atoms with Crippen LogP contribution in [0.5, 0.6) is 0 Å². The van der Waals surface area contributed by atoms with Crippen molar-refractivity contribution in [2.45, 2.75) is 51.7 Å². The Kier molecular flexibility index (Phi) is 4.56. The third kappa shape index (κ3) is 3.01. The number of ether oxygens (including phenoxy) is 1. The molecule has 1 aliphatic heterocycles. The van der Waals surface area contributed by atoms with Crippen LogP contribution in [0, 0.1) is 0 Å². The summed E-state index contributed by atoms with van der Waals surface area (Å²) < 4.78 is 8.17. The molecule has 0 bridgehead atoms. The van der Waals surface area contributed by atoms with Crippen LogP contribution < -0.4 is 0 Å². The van der Waals surface area contributed by atoms with Gasteiger partial charge in [0.2, 0.25) is 0 Å². The quantitative estimate of drug-likeness (QED) is 0.800. The Hall–Kier alpha value is -0.680. The first kappa shape index (κ1) is 13.7. The molecule has 1 aliphatic rings. The van der Waals surface area contributed by atoms with Gasteiger partial charge in [-0.25, -0.2) is 0 Å². The molecule has 0 spiro atoms. The molecule has 1 aromatic rings. The summed E-state index contributed by atoms with van der Waals surface area (Å²) in [4.78, 5) is 12.3. The fraction of sp³-hybridized carbons (Fsp3) is 0.692. The number of rotatable bonds is 4. The summed E-state index contributed by atoms with van der Waals surface area (Å²) in [5, 5.41) is 4.24. The molecule has 1 atom stereocenters. The summed E-state index contributed by atoms with van der Waals surface area (Å²) >= 11 is 3.41. The first-order valence-corrected chi connectivity index (χ1v) is 7.26. The number of Topliss-reactive ketones (excluding diaryl/α,β-unsaturated/α-hetero) is 1. The molecule has 18 heavy (non-hydrogen) atoms. The Morgan fingerprint density at radius 3 is 3.00 bits per heavy atom. The zero-order valence-electron chi connectivity index (χ0n) is 10.9. The molecular weight excluding hydrogens is 296 g/mol. The summed E-state index contributed by atoms with van der Waals surface area (Å²) in [6.07, 6.45) is 5.47. The van der Waals surface area contributed by atoms with Crippen LogP contribution in [0.15, 0.2) is 10.7 Å². The van der Waals surface area contributed by atoms with Gasteiger partial charge in [0, 0.05) is 19.1 Å². The number of hydrogen-bond acceptors (Lipinski definition) is 3. The fourth-order valence-corrected chi connectivity index (χ4v) is 2.76. The predicted molar refractivity (Wildman–Crippen MR) is 72.9 cm³/mol. The van der Waals surface area contributed by atoms with Crippen molar-refractivity contribution in [3.05, 3.63) is 16.4 Å². The second-order valence-corrected chi connectivity index (χ2v) is 5.85. The smallest absolute Gasteiger partial charge is 0.184 e. The number of halogens is 1. The van der Waals surface area contributed by atoms with Crippen molar-refractivity contribution in [1.82, 2.24) is 9.78 Å². The topological polar surface area (TPSA) is 44.1 Å². The maximum Gasteiger partial charge on any atom is 0.184 e. The average Bonchev–Trinajstić information content (AvgIpc) is 2.72. The largest absolute Gasteiger partial charge is 0.378 e. The molecule has 0 amide bonds. The van der Waals surface area contributed by atoms with Crippen LogP contribution in [0.4, 0.5) is 0 Å². The Balaban J connectivity index is 2.10. The van der Waals surface area contributed by atoms with E-state index in [1.54, 1.807) is 10.9 Å². The number of carbonyl (C=O) groups excluding carboxylic acids is 1. The van der Waals surface area contributed by atoms with Gasteiger partial charge in [0.05, 0.1) is 16.8 Å². The second-order valence-electron chi connectivity index (χ2n) is 5.00. The lowest BCUT2D eigenvalue weighted by atomic mass is 10.0. The number of nitrogens with zero attached hydrogens (tertiary/aromatic N) is 2. The van der Waals surface area contributed by atoms with Crippen LogP contribution in [0.3, 0.4) is 0 Å². The minimum absolute atomic E-state index is 0.0775. The van der Waals surface area contributed by atoms with E-state index in [4.69, 9.17) is 4.74 Å². The van der Waals surface area contributed by atoms with Gasteiger partial charge >= 0.3 is 0 Å². The van der Waals surface area contributed by atoms with Gasteiger partial charge in [-0.3, -0.25) is 9.48 Å². The molecule has 4 nitrogen and oxygen atoms in total. The third-order valence-corrected chi connectivity index (χ3v) is 3.77. The fourth-order valence-electron chi connectivity index (χ4n) is 2.27. The average molecular weight is 315 g/mol. The maximum atomic E-state index is 12.3. The van der Waals surface area contributed by atoms with Crippen LogP contribution in [-0.4, -0.2) is 28.3 Å². The monoisotopic (exact) mass is 314 g/mol. The van der Waals surface area contributed by atoms with Crippen LogP contribution in [0.1, 0.15) is 56.1 Å². The van der Waals surface area contributed by atoms with Crippen molar-refractivity contribution in [3.63, 3.8) is 0 Å². The predicted octanol–water partition coefficient (Wildman–Crippen LogP) is 3.37. The van der Waals surface area contributed by atoms with Gasteiger partial charge in [-0.1, -0.05) is 0 Å². The number of carbonyl (C=O) groups is 1. The second kappa shape index (κ2) is 5.97. The van der Waals surface area contributed by atoms with Crippen molar-refractivity contribution in [2.24, 2.45) is 0 Å². The molecule has 2 rings (SSSR count). The summed E-state index contributed by atoms with van der Waals surface area (Å²) in [5.41, 5.74) is 0.666. The van der Waals surface area contributed by atoms with Gasteiger partial charge in [0.1, 0.15) is 5.69 Å². The molecule has 0 aromatic carbocycles. The van der Waals surface area contributed by atoms with E-state index in [0.29, 0.717) is 12.1 Å². The molecule has 0 radical (unpaired) electrons. The highest BCUT2D eigenvalue weighted by atomic mass is 79.9. The molecule has 1 saturated heterocycles. The van der Waals surface area contributed by atoms with E-state index in [-0.39, 0.29) is 17.9 Å². The van der Waals surface area contributed by atoms with Gasteiger partial charge in [-0.05, 0) is 49.0 Å². The Morgan fingerprint density at radius 1 is 1.61 bits per heavy atom. The van der Waals surface area contributed by atoms with Crippen LogP contribution >= 0.6 is 15.9 Å². The van der Waals surface area contributed by atoms with E-state index in [1.807, 2.05) is 13.8 Å². The van der Waals surface area contributed by atoms with Crippen molar-refractivity contribution < 1.29 is 9.53 Å². The lowest BCUT2D eigenvalue weighted by Crippen LogP contribution is -2.24. The minimum atomic E-state index is 0.0775. The Morgan fingerprint density at radius 2 is 2.39 bits per heavy atom. The molecular formula is C13H19BrN2O2.